The summed E-state index contributed by atoms with van der Waals surface area (Å²) in [5, 5.41) is 7.19. The number of benzene rings is 2. The molecule has 29 heavy (non-hydrogen) atoms. The summed E-state index contributed by atoms with van der Waals surface area (Å²) >= 11 is 0. The summed E-state index contributed by atoms with van der Waals surface area (Å²) in [4.78, 5) is 17.6. The van der Waals surface area contributed by atoms with E-state index in [1.165, 1.54) is 11.1 Å². The summed E-state index contributed by atoms with van der Waals surface area (Å²) in [6.07, 6.45) is 0.981. The van der Waals surface area contributed by atoms with Crippen molar-refractivity contribution in [2.75, 3.05) is 18.5 Å². The monoisotopic (exact) mass is 391 g/mol. The second-order valence-corrected chi connectivity index (χ2v) is 7.60. The van der Waals surface area contributed by atoms with Gasteiger partial charge in [0.1, 0.15) is 5.82 Å². The maximum Gasteiger partial charge on any atom is 0.252 e. The van der Waals surface area contributed by atoms with Gasteiger partial charge >= 0.3 is 0 Å². The summed E-state index contributed by atoms with van der Waals surface area (Å²) in [6, 6.07) is 15.8. The summed E-state index contributed by atoms with van der Waals surface area (Å²) in [6.45, 7) is 9.34. The molecule has 1 aromatic heterocycles. The van der Waals surface area contributed by atoms with Crippen LogP contribution in [0.2, 0.25) is 0 Å². The molecule has 0 bridgehead atoms. The Kier molecular flexibility index (Phi) is 6.83. The molecule has 2 aromatic carbocycles. The average molecular weight is 392 g/mol. The summed E-state index contributed by atoms with van der Waals surface area (Å²) < 4.78 is 5.53. The van der Waals surface area contributed by atoms with Gasteiger partial charge in [-0.15, -0.1) is 0 Å². The van der Waals surface area contributed by atoms with Gasteiger partial charge in [0, 0.05) is 24.2 Å². The van der Waals surface area contributed by atoms with Gasteiger partial charge in [0.05, 0.1) is 17.2 Å². The average Bonchev–Trinajstić information content (AvgIpc) is 2.66. The van der Waals surface area contributed by atoms with E-state index in [1.54, 1.807) is 0 Å². The second kappa shape index (κ2) is 9.52. The van der Waals surface area contributed by atoms with Gasteiger partial charge in [0.25, 0.3) is 5.91 Å². The molecule has 3 aromatic rings. The molecule has 1 amide bonds. The number of carbonyl (C=O) groups is 1. The standard InChI is InChI=1S/C24H29N3O2/c1-16(2)29-11-7-10-25-24(28)21-15-23(27-22-9-6-5-8-20(21)22)26-19-13-17(3)12-18(4)14-19/h5-6,8-9,12-16H,7,10-11H2,1-4H3,(H,25,28)(H,26,27). The number of anilines is 2. The Balaban J connectivity index is 1.81. The molecule has 5 heteroatoms. The lowest BCUT2D eigenvalue weighted by Crippen LogP contribution is -2.26. The van der Waals surface area contributed by atoms with Crippen molar-refractivity contribution in [1.29, 1.82) is 0 Å². The molecule has 0 aliphatic carbocycles. The highest BCUT2D eigenvalue weighted by atomic mass is 16.5. The van der Waals surface area contributed by atoms with Crippen molar-refractivity contribution in [1.82, 2.24) is 10.3 Å². The number of nitrogens with zero attached hydrogens (tertiary/aromatic N) is 1. The minimum atomic E-state index is -0.100. The number of ether oxygens (including phenoxy) is 1. The van der Waals surface area contributed by atoms with Crippen LogP contribution >= 0.6 is 0 Å². The van der Waals surface area contributed by atoms with Gasteiger partial charge in [0.2, 0.25) is 0 Å². The van der Waals surface area contributed by atoms with E-state index in [9.17, 15) is 4.79 Å². The van der Waals surface area contributed by atoms with Gasteiger partial charge < -0.3 is 15.4 Å². The number of nitrogens with one attached hydrogen (secondary N) is 2. The molecular weight excluding hydrogens is 362 g/mol. The number of aryl methyl sites for hydroxylation is 2. The van der Waals surface area contributed by atoms with E-state index in [0.717, 1.165) is 23.0 Å². The Morgan fingerprint density at radius 1 is 1.07 bits per heavy atom. The fourth-order valence-corrected chi connectivity index (χ4v) is 3.31. The lowest BCUT2D eigenvalue weighted by atomic mass is 10.1. The predicted molar refractivity (Wildman–Crippen MR) is 119 cm³/mol. The van der Waals surface area contributed by atoms with Gasteiger partial charge in [-0.1, -0.05) is 24.3 Å². The second-order valence-electron chi connectivity index (χ2n) is 7.60. The normalized spacial score (nSPS) is 11.1. The van der Waals surface area contributed by atoms with Crippen molar-refractivity contribution in [2.45, 2.75) is 40.2 Å². The van der Waals surface area contributed by atoms with E-state index in [0.29, 0.717) is 24.5 Å². The van der Waals surface area contributed by atoms with E-state index in [1.807, 2.05) is 44.2 Å². The maximum atomic E-state index is 12.9. The van der Waals surface area contributed by atoms with Crippen LogP contribution in [0.25, 0.3) is 10.9 Å². The lowest BCUT2D eigenvalue weighted by molar-refractivity contribution is 0.0757. The molecule has 1 heterocycles. The number of hydrogen-bond donors (Lipinski definition) is 2. The molecule has 3 rings (SSSR count). The van der Waals surface area contributed by atoms with E-state index < -0.39 is 0 Å². The number of amides is 1. The smallest absolute Gasteiger partial charge is 0.252 e. The fourth-order valence-electron chi connectivity index (χ4n) is 3.31. The first-order valence-corrected chi connectivity index (χ1v) is 10.1. The minimum Gasteiger partial charge on any atom is -0.379 e. The number of carbonyl (C=O) groups excluding carboxylic acids is 1. The molecule has 0 saturated heterocycles. The Bertz CT molecular complexity index is 978. The SMILES string of the molecule is Cc1cc(C)cc(Nc2cc(C(=O)NCCCOC(C)C)c3ccccc3n2)c1. The molecule has 0 saturated carbocycles. The van der Waals surface area contributed by atoms with Gasteiger partial charge in [-0.25, -0.2) is 4.98 Å². The largest absolute Gasteiger partial charge is 0.379 e. The van der Waals surface area contributed by atoms with Crippen molar-refractivity contribution in [3.8, 4) is 0 Å². The fraction of sp³-hybridized carbons (Fsp3) is 0.333. The molecule has 5 nitrogen and oxygen atoms in total. The first-order chi connectivity index (χ1) is 13.9. The minimum absolute atomic E-state index is 0.100. The zero-order chi connectivity index (χ0) is 20.8. The highest BCUT2D eigenvalue weighted by molar-refractivity contribution is 6.07. The van der Waals surface area contributed by atoms with Crippen LogP contribution in [0.3, 0.4) is 0 Å². The quantitative estimate of drug-likeness (QED) is 0.522. The molecule has 0 spiro atoms. The maximum absolute atomic E-state index is 12.9. The van der Waals surface area contributed by atoms with Crippen molar-refractivity contribution in [3.63, 3.8) is 0 Å². The number of rotatable bonds is 8. The van der Waals surface area contributed by atoms with Crippen LogP contribution in [-0.2, 0) is 4.74 Å². The third kappa shape index (κ3) is 5.78. The van der Waals surface area contributed by atoms with Gasteiger partial charge in [0.15, 0.2) is 0 Å². The predicted octanol–water partition coefficient (Wildman–Crippen LogP) is 5.14. The first-order valence-electron chi connectivity index (χ1n) is 10.1. The van der Waals surface area contributed by atoms with Crippen molar-refractivity contribution >= 4 is 28.3 Å². The topological polar surface area (TPSA) is 63.2 Å². The number of fused-ring (bicyclic) bond motifs is 1. The van der Waals surface area contributed by atoms with Crippen molar-refractivity contribution in [2.24, 2.45) is 0 Å². The number of pyridine rings is 1. The zero-order valence-electron chi connectivity index (χ0n) is 17.6. The molecule has 0 fully saturated rings. The Labute approximate surface area is 172 Å². The molecule has 0 atom stereocenters. The Morgan fingerprint density at radius 2 is 1.79 bits per heavy atom. The molecule has 0 aliphatic heterocycles. The number of hydrogen-bond acceptors (Lipinski definition) is 4. The molecule has 0 radical (unpaired) electrons. The molecule has 2 N–H and O–H groups in total. The Morgan fingerprint density at radius 3 is 2.52 bits per heavy atom. The third-order valence-corrected chi connectivity index (χ3v) is 4.51. The third-order valence-electron chi connectivity index (χ3n) is 4.51. The zero-order valence-corrected chi connectivity index (χ0v) is 17.6. The van der Waals surface area contributed by atoms with E-state index in [4.69, 9.17) is 9.72 Å². The summed E-state index contributed by atoms with van der Waals surface area (Å²) in [7, 11) is 0. The van der Waals surface area contributed by atoms with Crippen LogP contribution in [0.1, 0.15) is 41.8 Å². The van der Waals surface area contributed by atoms with Crippen molar-refractivity contribution in [3.05, 3.63) is 65.2 Å². The van der Waals surface area contributed by atoms with Crippen LogP contribution in [0, 0.1) is 13.8 Å². The summed E-state index contributed by atoms with van der Waals surface area (Å²) in [5.74, 6) is 0.554. The number of para-hydroxylation sites is 1. The molecule has 152 valence electrons. The van der Waals surface area contributed by atoms with Crippen LogP contribution < -0.4 is 10.6 Å². The first kappa shape index (κ1) is 20.8. The van der Waals surface area contributed by atoms with Crippen LogP contribution in [0.4, 0.5) is 11.5 Å². The molecule has 0 aliphatic rings. The van der Waals surface area contributed by atoms with E-state index in [-0.39, 0.29) is 12.0 Å². The van der Waals surface area contributed by atoms with Crippen molar-refractivity contribution < 1.29 is 9.53 Å². The van der Waals surface area contributed by atoms with Gasteiger partial charge in [-0.2, -0.15) is 0 Å². The van der Waals surface area contributed by atoms with Gasteiger partial charge in [-0.3, -0.25) is 4.79 Å². The highest BCUT2D eigenvalue weighted by Crippen LogP contribution is 2.24. The molecule has 0 unspecified atom stereocenters. The van der Waals surface area contributed by atoms with E-state index in [2.05, 4.69) is 42.7 Å². The van der Waals surface area contributed by atoms with Crippen LogP contribution in [0.5, 0.6) is 0 Å². The van der Waals surface area contributed by atoms with Gasteiger partial charge in [-0.05, 0) is 69.5 Å². The highest BCUT2D eigenvalue weighted by Gasteiger charge is 2.13. The Hall–Kier alpha value is -2.92. The number of aromatic nitrogens is 1. The lowest BCUT2D eigenvalue weighted by Gasteiger charge is -2.13. The van der Waals surface area contributed by atoms with E-state index >= 15 is 0 Å². The van der Waals surface area contributed by atoms with Crippen LogP contribution in [-0.4, -0.2) is 30.1 Å². The van der Waals surface area contributed by atoms with Crippen LogP contribution in [0.15, 0.2) is 48.5 Å². The summed E-state index contributed by atoms with van der Waals surface area (Å²) in [5.41, 5.74) is 4.72. The molecular formula is C24H29N3O2.